The van der Waals surface area contributed by atoms with Crippen LogP contribution in [0.3, 0.4) is 0 Å². The zero-order chi connectivity index (χ0) is 9.53. The van der Waals surface area contributed by atoms with Gasteiger partial charge in [0.1, 0.15) is 5.54 Å². The van der Waals surface area contributed by atoms with E-state index in [1.807, 2.05) is 6.92 Å². The van der Waals surface area contributed by atoms with Crippen molar-refractivity contribution in [3.05, 3.63) is 0 Å². The second-order valence-electron chi connectivity index (χ2n) is 4.68. The smallest absolute Gasteiger partial charge is 0.325 e. The molecule has 2 rings (SSSR count). The maximum Gasteiger partial charge on any atom is 0.325 e. The van der Waals surface area contributed by atoms with Crippen LogP contribution in [0.25, 0.3) is 0 Å². The molecule has 3 heteroatoms. The molecule has 1 heterocycles. The molecule has 13 heavy (non-hydrogen) atoms. The number of rotatable bonds is 1. The van der Waals surface area contributed by atoms with Crippen molar-refractivity contribution in [3.8, 4) is 0 Å². The molecule has 1 spiro atoms. The molecule has 1 saturated carbocycles. The van der Waals surface area contributed by atoms with Crippen LogP contribution in [0, 0.1) is 5.41 Å². The molecule has 1 aliphatic heterocycles. The predicted octanol–water partition coefficient (Wildman–Crippen LogP) is 1.08. The van der Waals surface area contributed by atoms with Gasteiger partial charge in [0.25, 0.3) is 0 Å². The summed E-state index contributed by atoms with van der Waals surface area (Å²) in [5.74, 6) is -0.113. The normalized spacial score (nSPS) is 35.8. The first-order valence-electron chi connectivity index (χ1n) is 4.94. The number of piperidine rings is 1. The summed E-state index contributed by atoms with van der Waals surface area (Å²) in [5, 5.41) is 3.27. The Bertz CT molecular complexity index is 235. The van der Waals surface area contributed by atoms with Crippen molar-refractivity contribution in [3.63, 3.8) is 0 Å². The van der Waals surface area contributed by atoms with Gasteiger partial charge in [-0.2, -0.15) is 0 Å². The largest absolute Gasteiger partial charge is 0.468 e. The zero-order valence-corrected chi connectivity index (χ0v) is 8.35. The standard InChI is InChI=1S/C10H17NO2/c1-9(8(12)13-2)7-10(3-4-10)5-6-11-9/h11H,3-7H2,1-2H3. The van der Waals surface area contributed by atoms with Crippen LogP contribution in [-0.2, 0) is 9.53 Å². The first-order valence-corrected chi connectivity index (χ1v) is 4.94. The quantitative estimate of drug-likeness (QED) is 0.618. The van der Waals surface area contributed by atoms with E-state index in [0.717, 1.165) is 13.0 Å². The van der Waals surface area contributed by atoms with Crippen molar-refractivity contribution in [2.75, 3.05) is 13.7 Å². The van der Waals surface area contributed by atoms with Crippen molar-refractivity contribution >= 4 is 5.97 Å². The zero-order valence-electron chi connectivity index (χ0n) is 8.35. The minimum absolute atomic E-state index is 0.113. The molecule has 1 N–H and O–H groups in total. The molecule has 0 radical (unpaired) electrons. The van der Waals surface area contributed by atoms with E-state index in [1.54, 1.807) is 0 Å². The summed E-state index contributed by atoms with van der Waals surface area (Å²) in [6.07, 6.45) is 4.76. The molecule has 2 fully saturated rings. The number of nitrogens with one attached hydrogen (secondary N) is 1. The molecule has 1 atom stereocenters. The lowest BCUT2D eigenvalue weighted by atomic mass is 9.81. The highest BCUT2D eigenvalue weighted by Crippen LogP contribution is 2.55. The minimum Gasteiger partial charge on any atom is -0.468 e. The average Bonchev–Trinajstić information content (AvgIpc) is 2.83. The summed E-state index contributed by atoms with van der Waals surface area (Å²) in [7, 11) is 1.46. The third-order valence-corrected chi connectivity index (χ3v) is 3.49. The van der Waals surface area contributed by atoms with E-state index >= 15 is 0 Å². The van der Waals surface area contributed by atoms with E-state index in [-0.39, 0.29) is 5.97 Å². The number of methoxy groups -OCH3 is 1. The van der Waals surface area contributed by atoms with Gasteiger partial charge in [-0.15, -0.1) is 0 Å². The first-order chi connectivity index (χ1) is 6.10. The molecule has 0 bridgehead atoms. The number of hydrogen-bond acceptors (Lipinski definition) is 3. The van der Waals surface area contributed by atoms with Gasteiger partial charge in [-0.3, -0.25) is 4.79 Å². The molecule has 3 nitrogen and oxygen atoms in total. The van der Waals surface area contributed by atoms with Gasteiger partial charge < -0.3 is 10.1 Å². The van der Waals surface area contributed by atoms with Crippen LogP contribution in [-0.4, -0.2) is 25.2 Å². The van der Waals surface area contributed by atoms with Crippen LogP contribution in [0.2, 0.25) is 0 Å². The maximum absolute atomic E-state index is 11.5. The number of carbonyl (C=O) groups is 1. The van der Waals surface area contributed by atoms with E-state index in [0.29, 0.717) is 5.41 Å². The average molecular weight is 183 g/mol. The van der Waals surface area contributed by atoms with Crippen molar-refractivity contribution < 1.29 is 9.53 Å². The second kappa shape index (κ2) is 2.71. The van der Waals surface area contributed by atoms with Gasteiger partial charge in [-0.05, 0) is 44.6 Å². The van der Waals surface area contributed by atoms with Crippen molar-refractivity contribution in [2.24, 2.45) is 5.41 Å². The van der Waals surface area contributed by atoms with Gasteiger partial charge in [0.2, 0.25) is 0 Å². The lowest BCUT2D eigenvalue weighted by Crippen LogP contribution is -2.55. The molecular weight excluding hydrogens is 166 g/mol. The number of hydrogen-bond donors (Lipinski definition) is 1. The monoisotopic (exact) mass is 183 g/mol. The fraction of sp³-hybridized carbons (Fsp3) is 0.900. The molecule has 0 aromatic carbocycles. The fourth-order valence-corrected chi connectivity index (χ4v) is 2.48. The topological polar surface area (TPSA) is 38.3 Å². The predicted molar refractivity (Wildman–Crippen MR) is 49.3 cm³/mol. The first kappa shape index (κ1) is 9.00. The molecule has 0 aromatic heterocycles. The van der Waals surface area contributed by atoms with E-state index in [4.69, 9.17) is 4.74 Å². The lowest BCUT2D eigenvalue weighted by Gasteiger charge is -2.37. The van der Waals surface area contributed by atoms with Crippen LogP contribution >= 0.6 is 0 Å². The molecule has 0 aromatic rings. The second-order valence-corrected chi connectivity index (χ2v) is 4.68. The van der Waals surface area contributed by atoms with Gasteiger partial charge in [0.05, 0.1) is 7.11 Å². The summed E-state index contributed by atoms with van der Waals surface area (Å²) in [4.78, 5) is 11.5. The molecule has 1 aliphatic carbocycles. The van der Waals surface area contributed by atoms with Gasteiger partial charge in [0.15, 0.2) is 0 Å². The third kappa shape index (κ3) is 1.46. The molecular formula is C10H17NO2. The maximum atomic E-state index is 11.5. The highest BCUT2D eigenvalue weighted by Gasteiger charge is 2.52. The van der Waals surface area contributed by atoms with Gasteiger partial charge in [-0.25, -0.2) is 0 Å². The molecule has 1 unspecified atom stereocenters. The van der Waals surface area contributed by atoms with Crippen LogP contribution in [0.15, 0.2) is 0 Å². The Labute approximate surface area is 78.8 Å². The Morgan fingerprint density at radius 3 is 2.62 bits per heavy atom. The van der Waals surface area contributed by atoms with Crippen LogP contribution < -0.4 is 5.32 Å². The summed E-state index contributed by atoms with van der Waals surface area (Å²) in [6, 6.07) is 0. The van der Waals surface area contributed by atoms with Gasteiger partial charge in [0, 0.05) is 0 Å². The van der Waals surface area contributed by atoms with E-state index in [1.165, 1.54) is 26.4 Å². The Morgan fingerprint density at radius 1 is 1.38 bits per heavy atom. The van der Waals surface area contributed by atoms with Gasteiger partial charge >= 0.3 is 5.97 Å². The Balaban J connectivity index is 2.09. The summed E-state index contributed by atoms with van der Waals surface area (Å²) < 4.78 is 4.81. The SMILES string of the molecule is COC(=O)C1(C)CC2(CCN1)CC2. The highest BCUT2D eigenvalue weighted by atomic mass is 16.5. The van der Waals surface area contributed by atoms with Crippen molar-refractivity contribution in [2.45, 2.75) is 38.1 Å². The number of carbonyl (C=O) groups excluding carboxylic acids is 1. The Kier molecular flexibility index (Phi) is 1.88. The lowest BCUT2D eigenvalue weighted by molar-refractivity contribution is -0.149. The fourth-order valence-electron chi connectivity index (χ4n) is 2.48. The third-order valence-electron chi connectivity index (χ3n) is 3.49. The molecule has 2 aliphatic rings. The van der Waals surface area contributed by atoms with Crippen molar-refractivity contribution in [1.29, 1.82) is 0 Å². The molecule has 74 valence electrons. The molecule has 1 saturated heterocycles. The number of ether oxygens (including phenoxy) is 1. The Hall–Kier alpha value is -0.570. The number of esters is 1. The summed E-state index contributed by atoms with van der Waals surface area (Å²) in [6.45, 7) is 2.91. The van der Waals surface area contributed by atoms with E-state index in [9.17, 15) is 4.79 Å². The highest BCUT2D eigenvalue weighted by molar-refractivity contribution is 5.80. The summed E-state index contributed by atoms with van der Waals surface area (Å²) >= 11 is 0. The Morgan fingerprint density at radius 2 is 2.08 bits per heavy atom. The van der Waals surface area contributed by atoms with Crippen molar-refractivity contribution in [1.82, 2.24) is 5.32 Å². The molecule has 0 amide bonds. The summed E-state index contributed by atoms with van der Waals surface area (Å²) in [5.41, 5.74) is 0.0533. The van der Waals surface area contributed by atoms with Crippen LogP contribution in [0.1, 0.15) is 32.6 Å². The van der Waals surface area contributed by atoms with Gasteiger partial charge in [-0.1, -0.05) is 0 Å². The van der Waals surface area contributed by atoms with Crippen LogP contribution in [0.5, 0.6) is 0 Å². The van der Waals surface area contributed by atoms with Crippen LogP contribution in [0.4, 0.5) is 0 Å². The minimum atomic E-state index is -0.427. The van der Waals surface area contributed by atoms with E-state index < -0.39 is 5.54 Å². The van der Waals surface area contributed by atoms with E-state index in [2.05, 4.69) is 5.32 Å².